The molecule has 1 aliphatic heterocycles. The van der Waals surface area contributed by atoms with E-state index in [-0.39, 0.29) is 18.0 Å². The second-order valence-corrected chi connectivity index (χ2v) is 6.45. The van der Waals surface area contributed by atoms with E-state index in [4.69, 9.17) is 9.26 Å². The Morgan fingerprint density at radius 3 is 2.66 bits per heavy atom. The van der Waals surface area contributed by atoms with Crippen molar-refractivity contribution in [3.8, 4) is 11.3 Å². The Balaban J connectivity index is 1.51. The van der Waals surface area contributed by atoms with Crippen LogP contribution in [0.4, 0.5) is 11.4 Å². The first kappa shape index (κ1) is 18.4. The van der Waals surface area contributed by atoms with E-state index in [9.17, 15) is 14.4 Å². The van der Waals surface area contributed by atoms with Crippen LogP contribution in [-0.4, -0.2) is 36.1 Å². The van der Waals surface area contributed by atoms with Crippen LogP contribution in [0.15, 0.2) is 59.1 Å². The molecular formula is C21H17N3O5. The number of hydrogen-bond donors (Lipinski definition) is 1. The Hall–Kier alpha value is -3.94. The van der Waals surface area contributed by atoms with E-state index in [1.807, 2.05) is 18.2 Å². The summed E-state index contributed by atoms with van der Waals surface area (Å²) in [5.74, 6) is -1.24. The molecule has 0 aliphatic carbocycles. The van der Waals surface area contributed by atoms with Crippen LogP contribution in [0, 0.1) is 6.92 Å². The molecule has 2 amide bonds. The summed E-state index contributed by atoms with van der Waals surface area (Å²) >= 11 is 0. The van der Waals surface area contributed by atoms with Crippen molar-refractivity contribution in [1.82, 2.24) is 5.16 Å². The van der Waals surface area contributed by atoms with Gasteiger partial charge < -0.3 is 14.6 Å². The number of aryl methyl sites for hydroxylation is 1. The Morgan fingerprint density at radius 2 is 1.86 bits per heavy atom. The molecule has 146 valence electrons. The molecule has 1 N–H and O–H groups in total. The molecule has 29 heavy (non-hydrogen) atoms. The molecule has 8 heteroatoms. The van der Waals surface area contributed by atoms with Crippen molar-refractivity contribution < 1.29 is 23.6 Å². The number of anilines is 2. The third kappa shape index (κ3) is 3.60. The summed E-state index contributed by atoms with van der Waals surface area (Å²) < 4.78 is 10.4. The molecule has 8 nitrogen and oxygen atoms in total. The standard InChI is InChI=1S/C21H17N3O5/c1-13-19(20(23-29-13)14-7-3-2-4-8-14)21(27)28-12-18(26)24-11-17(25)22-15-9-5-6-10-16(15)24/h2-10H,11-12H2,1H3,(H,22,25). The zero-order valence-electron chi connectivity index (χ0n) is 15.5. The molecule has 0 spiro atoms. The van der Waals surface area contributed by atoms with Gasteiger partial charge >= 0.3 is 5.97 Å². The normalized spacial score (nSPS) is 12.9. The van der Waals surface area contributed by atoms with E-state index in [1.165, 1.54) is 4.90 Å². The third-order valence-corrected chi connectivity index (χ3v) is 4.51. The van der Waals surface area contributed by atoms with Gasteiger partial charge in [0.25, 0.3) is 5.91 Å². The number of ether oxygens (including phenoxy) is 1. The summed E-state index contributed by atoms with van der Waals surface area (Å²) in [4.78, 5) is 38.5. The minimum absolute atomic E-state index is 0.144. The van der Waals surface area contributed by atoms with Crippen molar-refractivity contribution in [2.24, 2.45) is 0 Å². The third-order valence-electron chi connectivity index (χ3n) is 4.51. The maximum Gasteiger partial charge on any atom is 0.344 e. The number of carbonyl (C=O) groups is 3. The fourth-order valence-corrected chi connectivity index (χ4v) is 3.14. The molecule has 0 saturated heterocycles. The smallest absolute Gasteiger partial charge is 0.344 e. The average molecular weight is 391 g/mol. The van der Waals surface area contributed by atoms with Gasteiger partial charge in [-0.3, -0.25) is 14.5 Å². The number of fused-ring (bicyclic) bond motifs is 1. The first-order valence-electron chi connectivity index (χ1n) is 8.92. The number of esters is 1. The number of carbonyl (C=O) groups excluding carboxylic acids is 3. The van der Waals surface area contributed by atoms with Gasteiger partial charge in [-0.2, -0.15) is 0 Å². The van der Waals surface area contributed by atoms with Crippen molar-refractivity contribution in [1.29, 1.82) is 0 Å². The topological polar surface area (TPSA) is 102 Å². The summed E-state index contributed by atoms with van der Waals surface area (Å²) in [7, 11) is 0. The van der Waals surface area contributed by atoms with E-state index >= 15 is 0 Å². The number of rotatable bonds is 4. The van der Waals surface area contributed by atoms with Crippen LogP contribution in [-0.2, 0) is 14.3 Å². The fourth-order valence-electron chi connectivity index (χ4n) is 3.14. The molecule has 0 fully saturated rings. The summed E-state index contributed by atoms with van der Waals surface area (Å²) in [5, 5.41) is 6.64. The number of hydrogen-bond acceptors (Lipinski definition) is 6. The maximum absolute atomic E-state index is 12.6. The van der Waals surface area contributed by atoms with Gasteiger partial charge in [0.2, 0.25) is 5.91 Å². The van der Waals surface area contributed by atoms with Gasteiger partial charge in [0, 0.05) is 5.56 Å². The number of aromatic nitrogens is 1. The molecule has 4 rings (SSSR count). The SMILES string of the molecule is Cc1onc(-c2ccccc2)c1C(=O)OCC(=O)N1CC(=O)Nc2ccccc21. The van der Waals surface area contributed by atoms with Crippen LogP contribution in [0.25, 0.3) is 11.3 Å². The molecule has 0 saturated carbocycles. The molecule has 3 aromatic rings. The number of amides is 2. The molecule has 1 aromatic heterocycles. The highest BCUT2D eigenvalue weighted by molar-refractivity contribution is 6.10. The van der Waals surface area contributed by atoms with E-state index in [2.05, 4.69) is 10.5 Å². The second-order valence-electron chi connectivity index (χ2n) is 6.45. The molecular weight excluding hydrogens is 374 g/mol. The Morgan fingerprint density at radius 1 is 1.14 bits per heavy atom. The molecule has 0 atom stereocenters. The van der Waals surface area contributed by atoms with E-state index < -0.39 is 18.5 Å². The van der Waals surface area contributed by atoms with Crippen molar-refractivity contribution in [3.63, 3.8) is 0 Å². The van der Waals surface area contributed by atoms with Gasteiger partial charge in [-0.05, 0) is 19.1 Å². The second kappa shape index (κ2) is 7.59. The van der Waals surface area contributed by atoms with Gasteiger partial charge in [0.15, 0.2) is 6.61 Å². The van der Waals surface area contributed by atoms with Crippen LogP contribution in [0.5, 0.6) is 0 Å². The van der Waals surface area contributed by atoms with E-state index in [0.29, 0.717) is 28.4 Å². The number of nitrogens with one attached hydrogen (secondary N) is 1. The van der Waals surface area contributed by atoms with Crippen molar-refractivity contribution in [2.45, 2.75) is 6.92 Å². The lowest BCUT2D eigenvalue weighted by Crippen LogP contribution is -2.44. The molecule has 2 heterocycles. The summed E-state index contributed by atoms with van der Waals surface area (Å²) in [6.07, 6.45) is 0. The summed E-state index contributed by atoms with van der Waals surface area (Å²) in [6.45, 7) is 0.942. The predicted molar refractivity (Wildman–Crippen MR) is 104 cm³/mol. The van der Waals surface area contributed by atoms with Gasteiger partial charge in [0.05, 0.1) is 11.4 Å². The highest BCUT2D eigenvalue weighted by Crippen LogP contribution is 2.29. The largest absolute Gasteiger partial charge is 0.452 e. The lowest BCUT2D eigenvalue weighted by molar-refractivity contribution is -0.124. The van der Waals surface area contributed by atoms with Crippen LogP contribution in [0.1, 0.15) is 16.1 Å². The Labute approximate surface area is 166 Å². The van der Waals surface area contributed by atoms with Crippen LogP contribution in [0.3, 0.4) is 0 Å². The molecule has 1 aliphatic rings. The number of benzene rings is 2. The first-order valence-corrected chi connectivity index (χ1v) is 8.92. The Bertz CT molecular complexity index is 1090. The molecule has 2 aromatic carbocycles. The lowest BCUT2D eigenvalue weighted by atomic mass is 10.1. The summed E-state index contributed by atoms with van der Waals surface area (Å²) in [5.41, 5.74) is 2.30. The quantitative estimate of drug-likeness (QED) is 0.686. The minimum Gasteiger partial charge on any atom is -0.452 e. The number of nitrogens with zero attached hydrogens (tertiary/aromatic N) is 2. The van der Waals surface area contributed by atoms with Crippen LogP contribution in [0.2, 0.25) is 0 Å². The molecule has 0 radical (unpaired) electrons. The van der Waals surface area contributed by atoms with Crippen molar-refractivity contribution in [3.05, 3.63) is 65.9 Å². The van der Waals surface area contributed by atoms with Crippen molar-refractivity contribution in [2.75, 3.05) is 23.4 Å². The van der Waals surface area contributed by atoms with Gasteiger partial charge in [-0.15, -0.1) is 0 Å². The van der Waals surface area contributed by atoms with Crippen molar-refractivity contribution >= 4 is 29.2 Å². The minimum atomic E-state index is -0.717. The van der Waals surface area contributed by atoms with Gasteiger partial charge in [-0.25, -0.2) is 4.79 Å². The monoisotopic (exact) mass is 391 g/mol. The van der Waals surface area contributed by atoms with Gasteiger partial charge in [0.1, 0.15) is 23.6 Å². The molecule has 0 bridgehead atoms. The van der Waals surface area contributed by atoms with Crippen LogP contribution >= 0.6 is 0 Å². The highest BCUT2D eigenvalue weighted by atomic mass is 16.5. The molecule has 0 unspecified atom stereocenters. The van der Waals surface area contributed by atoms with Crippen LogP contribution < -0.4 is 10.2 Å². The number of para-hydroxylation sites is 2. The van der Waals surface area contributed by atoms with E-state index in [1.54, 1.807) is 43.3 Å². The lowest BCUT2D eigenvalue weighted by Gasteiger charge is -2.28. The first-order chi connectivity index (χ1) is 14.0. The van der Waals surface area contributed by atoms with E-state index in [0.717, 1.165) is 0 Å². The average Bonchev–Trinajstić information content (AvgIpc) is 3.13. The zero-order valence-corrected chi connectivity index (χ0v) is 15.5. The predicted octanol–water partition coefficient (Wildman–Crippen LogP) is 2.79. The zero-order chi connectivity index (χ0) is 20.4. The maximum atomic E-state index is 12.6. The summed E-state index contributed by atoms with van der Waals surface area (Å²) in [6, 6.07) is 16.0. The Kier molecular flexibility index (Phi) is 4.82. The van der Waals surface area contributed by atoms with Gasteiger partial charge in [-0.1, -0.05) is 47.6 Å². The highest BCUT2D eigenvalue weighted by Gasteiger charge is 2.29. The fraction of sp³-hybridized carbons (Fsp3) is 0.143.